The van der Waals surface area contributed by atoms with Gasteiger partial charge >= 0.3 is 0 Å². The van der Waals surface area contributed by atoms with Crippen LogP contribution in [-0.4, -0.2) is 42.7 Å². The fourth-order valence-corrected chi connectivity index (χ4v) is 2.01. The van der Waals surface area contributed by atoms with E-state index < -0.39 is 0 Å². The Kier molecular flexibility index (Phi) is 6.87. The van der Waals surface area contributed by atoms with Gasteiger partial charge in [-0.25, -0.2) is 0 Å². The first-order valence-electron chi connectivity index (χ1n) is 6.96. The third-order valence-corrected chi connectivity index (χ3v) is 3.20. The van der Waals surface area contributed by atoms with Crippen molar-refractivity contribution in [2.24, 2.45) is 0 Å². The van der Waals surface area contributed by atoms with Gasteiger partial charge in [-0.05, 0) is 31.5 Å². The molecular formula is C15H24N2O3. The lowest BCUT2D eigenvalue weighted by molar-refractivity contribution is -0.130. The zero-order valence-electron chi connectivity index (χ0n) is 12.5. The summed E-state index contributed by atoms with van der Waals surface area (Å²) in [7, 11) is 1.52. The van der Waals surface area contributed by atoms with Crippen molar-refractivity contribution in [3.05, 3.63) is 23.8 Å². The van der Waals surface area contributed by atoms with Crippen molar-refractivity contribution < 1.29 is 14.6 Å². The van der Waals surface area contributed by atoms with E-state index in [0.29, 0.717) is 25.3 Å². The molecule has 112 valence electrons. The molecule has 5 nitrogen and oxygen atoms in total. The highest BCUT2D eigenvalue weighted by Crippen LogP contribution is 2.25. The molecule has 20 heavy (non-hydrogen) atoms. The Morgan fingerprint density at radius 3 is 2.60 bits per heavy atom. The van der Waals surface area contributed by atoms with E-state index in [4.69, 9.17) is 4.74 Å². The van der Waals surface area contributed by atoms with Crippen LogP contribution in [0.2, 0.25) is 0 Å². The summed E-state index contributed by atoms with van der Waals surface area (Å²) >= 11 is 0. The summed E-state index contributed by atoms with van der Waals surface area (Å²) in [5, 5.41) is 12.9. The standard InChI is InChI=1S/C15H24N2O3/c1-4-17(5-2)15(19)8-9-16-11-12-6-7-14(20-3)13(18)10-12/h6-7,10,16,18H,4-5,8-9,11H2,1-3H3. The molecule has 0 aliphatic rings. The zero-order valence-corrected chi connectivity index (χ0v) is 12.5. The van der Waals surface area contributed by atoms with Crippen LogP contribution in [0.3, 0.4) is 0 Å². The second-order valence-corrected chi connectivity index (χ2v) is 4.50. The molecule has 5 heteroatoms. The van der Waals surface area contributed by atoms with E-state index >= 15 is 0 Å². The molecule has 0 radical (unpaired) electrons. The van der Waals surface area contributed by atoms with Crippen LogP contribution in [0.5, 0.6) is 11.5 Å². The third-order valence-electron chi connectivity index (χ3n) is 3.20. The second-order valence-electron chi connectivity index (χ2n) is 4.50. The highest BCUT2D eigenvalue weighted by molar-refractivity contribution is 5.76. The molecule has 0 bridgehead atoms. The minimum Gasteiger partial charge on any atom is -0.504 e. The van der Waals surface area contributed by atoms with Crippen molar-refractivity contribution in [1.29, 1.82) is 0 Å². The molecule has 1 aromatic carbocycles. The van der Waals surface area contributed by atoms with E-state index in [9.17, 15) is 9.90 Å². The second kappa shape index (κ2) is 8.43. The molecule has 2 N–H and O–H groups in total. The molecule has 1 aromatic rings. The number of hydrogen-bond donors (Lipinski definition) is 2. The summed E-state index contributed by atoms with van der Waals surface area (Å²) in [5.41, 5.74) is 0.957. The summed E-state index contributed by atoms with van der Waals surface area (Å²) in [6, 6.07) is 5.28. The van der Waals surface area contributed by atoms with Crippen LogP contribution in [-0.2, 0) is 11.3 Å². The number of aromatic hydroxyl groups is 1. The Morgan fingerprint density at radius 1 is 1.35 bits per heavy atom. The fourth-order valence-electron chi connectivity index (χ4n) is 2.01. The van der Waals surface area contributed by atoms with E-state index in [-0.39, 0.29) is 11.7 Å². The Labute approximate surface area is 120 Å². The van der Waals surface area contributed by atoms with E-state index in [2.05, 4.69) is 5.32 Å². The van der Waals surface area contributed by atoms with Gasteiger partial charge in [0.1, 0.15) is 0 Å². The number of rotatable bonds is 8. The Bertz CT molecular complexity index is 431. The Hall–Kier alpha value is -1.75. The van der Waals surface area contributed by atoms with Gasteiger partial charge in [-0.2, -0.15) is 0 Å². The lowest BCUT2D eigenvalue weighted by Crippen LogP contribution is -2.32. The third kappa shape index (κ3) is 4.74. The molecule has 0 unspecified atom stereocenters. The van der Waals surface area contributed by atoms with Gasteiger partial charge in [0, 0.05) is 32.6 Å². The number of methoxy groups -OCH3 is 1. The molecule has 1 amide bonds. The molecule has 1 rings (SSSR count). The van der Waals surface area contributed by atoms with Gasteiger partial charge in [0.25, 0.3) is 0 Å². The van der Waals surface area contributed by atoms with Crippen LogP contribution in [0.1, 0.15) is 25.8 Å². The number of carbonyl (C=O) groups excluding carboxylic acids is 1. The van der Waals surface area contributed by atoms with Crippen LogP contribution in [0.25, 0.3) is 0 Å². The quantitative estimate of drug-likeness (QED) is 0.712. The van der Waals surface area contributed by atoms with E-state index in [1.54, 1.807) is 12.1 Å². The zero-order chi connectivity index (χ0) is 15.0. The average molecular weight is 280 g/mol. The van der Waals surface area contributed by atoms with Gasteiger partial charge in [-0.15, -0.1) is 0 Å². The first-order chi connectivity index (χ1) is 9.62. The van der Waals surface area contributed by atoms with Crippen LogP contribution in [0, 0.1) is 0 Å². The summed E-state index contributed by atoms with van der Waals surface area (Å²) in [6.07, 6.45) is 0.490. The first kappa shape index (κ1) is 16.3. The van der Waals surface area contributed by atoms with Gasteiger partial charge in [0.15, 0.2) is 11.5 Å². The molecular weight excluding hydrogens is 256 g/mol. The maximum absolute atomic E-state index is 11.8. The van der Waals surface area contributed by atoms with Gasteiger partial charge < -0.3 is 20.1 Å². The van der Waals surface area contributed by atoms with Crippen LogP contribution in [0.4, 0.5) is 0 Å². The van der Waals surface area contributed by atoms with Crippen molar-refractivity contribution in [1.82, 2.24) is 10.2 Å². The first-order valence-corrected chi connectivity index (χ1v) is 6.96. The van der Waals surface area contributed by atoms with Crippen molar-refractivity contribution in [2.75, 3.05) is 26.7 Å². The number of carbonyl (C=O) groups is 1. The number of ether oxygens (including phenoxy) is 1. The number of phenols is 1. The monoisotopic (exact) mass is 280 g/mol. The van der Waals surface area contributed by atoms with Gasteiger partial charge in [0.2, 0.25) is 5.91 Å². The fraction of sp³-hybridized carbons (Fsp3) is 0.533. The maximum Gasteiger partial charge on any atom is 0.223 e. The topological polar surface area (TPSA) is 61.8 Å². The number of nitrogens with zero attached hydrogens (tertiary/aromatic N) is 1. The minimum atomic E-state index is 0.131. The molecule has 0 saturated carbocycles. The van der Waals surface area contributed by atoms with E-state index in [1.807, 2.05) is 24.8 Å². The normalized spacial score (nSPS) is 10.3. The molecule has 0 saturated heterocycles. The predicted octanol–water partition coefficient (Wildman–Crippen LogP) is 1.75. The summed E-state index contributed by atoms with van der Waals surface area (Å²) < 4.78 is 4.99. The van der Waals surface area contributed by atoms with Gasteiger partial charge in [-0.1, -0.05) is 6.07 Å². The molecule has 0 spiro atoms. The van der Waals surface area contributed by atoms with Crippen molar-refractivity contribution in [3.63, 3.8) is 0 Å². The number of benzene rings is 1. The van der Waals surface area contributed by atoms with Crippen molar-refractivity contribution >= 4 is 5.91 Å². The molecule has 0 fully saturated rings. The Balaban J connectivity index is 2.34. The smallest absolute Gasteiger partial charge is 0.223 e. The van der Waals surface area contributed by atoms with Crippen molar-refractivity contribution in [2.45, 2.75) is 26.8 Å². The Morgan fingerprint density at radius 2 is 2.05 bits per heavy atom. The summed E-state index contributed by atoms with van der Waals surface area (Å²) in [6.45, 7) is 6.71. The molecule has 0 atom stereocenters. The predicted molar refractivity (Wildman–Crippen MR) is 78.9 cm³/mol. The molecule has 0 heterocycles. The molecule has 0 aromatic heterocycles. The van der Waals surface area contributed by atoms with Crippen LogP contribution >= 0.6 is 0 Å². The maximum atomic E-state index is 11.8. The van der Waals surface area contributed by atoms with Gasteiger partial charge in [0.05, 0.1) is 7.11 Å². The van der Waals surface area contributed by atoms with E-state index in [0.717, 1.165) is 18.7 Å². The van der Waals surface area contributed by atoms with E-state index in [1.165, 1.54) is 7.11 Å². The van der Waals surface area contributed by atoms with Crippen LogP contribution in [0.15, 0.2) is 18.2 Å². The number of phenolic OH excluding ortho intramolecular Hbond substituents is 1. The lowest BCUT2D eigenvalue weighted by Gasteiger charge is -2.18. The van der Waals surface area contributed by atoms with Crippen molar-refractivity contribution in [3.8, 4) is 11.5 Å². The number of amides is 1. The minimum absolute atomic E-state index is 0.131. The lowest BCUT2D eigenvalue weighted by atomic mass is 10.2. The van der Waals surface area contributed by atoms with Gasteiger partial charge in [-0.3, -0.25) is 4.79 Å². The number of hydrogen-bond acceptors (Lipinski definition) is 4. The highest BCUT2D eigenvalue weighted by Gasteiger charge is 2.08. The largest absolute Gasteiger partial charge is 0.504 e. The highest BCUT2D eigenvalue weighted by atomic mass is 16.5. The molecule has 0 aliphatic heterocycles. The SMILES string of the molecule is CCN(CC)C(=O)CCNCc1ccc(OC)c(O)c1. The summed E-state index contributed by atoms with van der Waals surface area (Å²) in [4.78, 5) is 13.6. The summed E-state index contributed by atoms with van der Waals surface area (Å²) in [5.74, 6) is 0.761. The van der Waals surface area contributed by atoms with Crippen LogP contribution < -0.4 is 10.1 Å². The molecule has 0 aliphatic carbocycles. The number of nitrogens with one attached hydrogen (secondary N) is 1. The average Bonchev–Trinajstić information content (AvgIpc) is 2.45.